The molecule has 0 bridgehead atoms. The van der Waals surface area contributed by atoms with Crippen molar-refractivity contribution in [2.24, 2.45) is 0 Å². The summed E-state index contributed by atoms with van der Waals surface area (Å²) in [6.07, 6.45) is 0. The molecular formula is C22H18ClFN2O2S. The Hall–Kier alpha value is -2.83. The Labute approximate surface area is 177 Å². The van der Waals surface area contributed by atoms with Crippen molar-refractivity contribution in [2.45, 2.75) is 17.1 Å². The number of hydrogen-bond donors (Lipinski definition) is 2. The van der Waals surface area contributed by atoms with Gasteiger partial charge in [-0.25, -0.2) is 4.39 Å². The predicted molar refractivity (Wildman–Crippen MR) is 116 cm³/mol. The van der Waals surface area contributed by atoms with Crippen LogP contribution in [0.4, 0.5) is 15.8 Å². The standard InChI is InChI=1S/C22H18ClFN2O2S/c1-14(21(27)26-20-8-3-2-7-19(20)24)29-18-11-9-17(10-12-18)25-22(28)15-5-4-6-16(23)13-15/h2-14H,1H3,(H,25,28)(H,26,27). The highest BCUT2D eigenvalue weighted by atomic mass is 35.5. The van der Waals surface area contributed by atoms with E-state index in [4.69, 9.17) is 11.6 Å². The number of para-hydroxylation sites is 1. The van der Waals surface area contributed by atoms with Crippen molar-refractivity contribution in [2.75, 3.05) is 10.6 Å². The molecule has 0 aliphatic rings. The molecule has 2 amide bonds. The Morgan fingerprint density at radius 2 is 1.69 bits per heavy atom. The lowest BCUT2D eigenvalue weighted by molar-refractivity contribution is -0.115. The van der Waals surface area contributed by atoms with Crippen molar-refractivity contribution in [1.82, 2.24) is 0 Å². The lowest BCUT2D eigenvalue weighted by Gasteiger charge is -2.13. The van der Waals surface area contributed by atoms with Gasteiger partial charge in [-0.1, -0.05) is 29.8 Å². The highest BCUT2D eigenvalue weighted by Gasteiger charge is 2.16. The first-order chi connectivity index (χ1) is 13.9. The third-order valence-electron chi connectivity index (χ3n) is 4.01. The van der Waals surface area contributed by atoms with Crippen LogP contribution in [0.3, 0.4) is 0 Å². The molecule has 148 valence electrons. The van der Waals surface area contributed by atoms with Gasteiger partial charge in [0.1, 0.15) is 5.82 Å². The molecule has 2 N–H and O–H groups in total. The lowest BCUT2D eigenvalue weighted by atomic mass is 10.2. The zero-order valence-electron chi connectivity index (χ0n) is 15.5. The maximum Gasteiger partial charge on any atom is 0.255 e. The first-order valence-corrected chi connectivity index (χ1v) is 10.1. The van der Waals surface area contributed by atoms with Gasteiger partial charge in [0.05, 0.1) is 10.9 Å². The lowest BCUT2D eigenvalue weighted by Crippen LogP contribution is -2.22. The summed E-state index contributed by atoms with van der Waals surface area (Å²) in [7, 11) is 0. The predicted octanol–water partition coefficient (Wildman–Crippen LogP) is 5.85. The number of halogens is 2. The van der Waals surface area contributed by atoms with Gasteiger partial charge in [-0.05, 0) is 61.5 Å². The highest BCUT2D eigenvalue weighted by molar-refractivity contribution is 8.00. The smallest absolute Gasteiger partial charge is 0.255 e. The van der Waals surface area contributed by atoms with Gasteiger partial charge in [0.2, 0.25) is 5.91 Å². The van der Waals surface area contributed by atoms with E-state index in [-0.39, 0.29) is 17.5 Å². The van der Waals surface area contributed by atoms with Crippen molar-refractivity contribution in [3.63, 3.8) is 0 Å². The van der Waals surface area contributed by atoms with E-state index in [1.165, 1.54) is 23.9 Å². The largest absolute Gasteiger partial charge is 0.323 e. The summed E-state index contributed by atoms with van der Waals surface area (Å²) in [5, 5.41) is 5.45. The molecule has 3 aromatic rings. The van der Waals surface area contributed by atoms with Gasteiger partial charge < -0.3 is 10.6 Å². The van der Waals surface area contributed by atoms with Crippen LogP contribution in [0.5, 0.6) is 0 Å². The van der Waals surface area contributed by atoms with Crippen LogP contribution >= 0.6 is 23.4 Å². The SMILES string of the molecule is CC(Sc1ccc(NC(=O)c2cccc(Cl)c2)cc1)C(=O)Nc1ccccc1F. The summed E-state index contributed by atoms with van der Waals surface area (Å²) in [4.78, 5) is 25.4. The molecule has 0 saturated carbocycles. The van der Waals surface area contributed by atoms with Crippen molar-refractivity contribution in [3.8, 4) is 0 Å². The monoisotopic (exact) mass is 428 g/mol. The summed E-state index contributed by atoms with van der Waals surface area (Å²) in [6.45, 7) is 1.75. The summed E-state index contributed by atoms with van der Waals surface area (Å²) in [5.41, 5.74) is 1.25. The Balaban J connectivity index is 1.57. The normalized spacial score (nSPS) is 11.6. The molecule has 0 aliphatic heterocycles. The third-order valence-corrected chi connectivity index (χ3v) is 5.36. The Morgan fingerprint density at radius 1 is 0.966 bits per heavy atom. The number of anilines is 2. The zero-order valence-corrected chi connectivity index (χ0v) is 17.1. The molecule has 0 spiro atoms. The molecule has 7 heteroatoms. The van der Waals surface area contributed by atoms with Crippen molar-refractivity contribution < 1.29 is 14.0 Å². The van der Waals surface area contributed by atoms with Crippen LogP contribution in [-0.2, 0) is 4.79 Å². The second-order valence-corrected chi connectivity index (χ2v) is 8.07. The van der Waals surface area contributed by atoms with Crippen LogP contribution in [0.1, 0.15) is 17.3 Å². The first kappa shape index (κ1) is 20.9. The summed E-state index contributed by atoms with van der Waals surface area (Å²) < 4.78 is 13.7. The number of hydrogen-bond acceptors (Lipinski definition) is 3. The van der Waals surface area contributed by atoms with Crippen LogP contribution in [0.2, 0.25) is 5.02 Å². The molecule has 0 fully saturated rings. The average Bonchev–Trinajstić information content (AvgIpc) is 2.71. The summed E-state index contributed by atoms with van der Waals surface area (Å²) in [5.74, 6) is -1.03. The van der Waals surface area contributed by atoms with Gasteiger partial charge in [0.25, 0.3) is 5.91 Å². The van der Waals surface area contributed by atoms with E-state index < -0.39 is 11.1 Å². The summed E-state index contributed by atoms with van der Waals surface area (Å²) in [6, 6.07) is 19.9. The van der Waals surface area contributed by atoms with Crippen LogP contribution in [-0.4, -0.2) is 17.1 Å². The fourth-order valence-corrected chi connectivity index (χ4v) is 3.56. The molecule has 0 aromatic heterocycles. The molecule has 0 radical (unpaired) electrons. The number of carbonyl (C=O) groups excluding carboxylic acids is 2. The van der Waals surface area contributed by atoms with E-state index >= 15 is 0 Å². The molecule has 0 aliphatic carbocycles. The Bertz CT molecular complexity index is 1030. The molecule has 29 heavy (non-hydrogen) atoms. The van der Waals surface area contributed by atoms with Crippen molar-refractivity contribution in [3.05, 3.63) is 89.2 Å². The topological polar surface area (TPSA) is 58.2 Å². The maximum absolute atomic E-state index is 13.7. The van der Waals surface area contributed by atoms with Gasteiger partial charge >= 0.3 is 0 Å². The number of carbonyl (C=O) groups is 2. The van der Waals surface area contributed by atoms with Gasteiger partial charge in [0, 0.05) is 21.2 Å². The highest BCUT2D eigenvalue weighted by Crippen LogP contribution is 2.26. The zero-order chi connectivity index (χ0) is 20.8. The molecule has 0 saturated heterocycles. The van der Waals surface area contributed by atoms with Gasteiger partial charge in [0.15, 0.2) is 0 Å². The molecule has 0 heterocycles. The van der Waals surface area contributed by atoms with E-state index in [0.717, 1.165) is 4.90 Å². The minimum absolute atomic E-state index is 0.157. The van der Waals surface area contributed by atoms with Gasteiger partial charge in [-0.2, -0.15) is 0 Å². The van der Waals surface area contributed by atoms with Crippen LogP contribution in [0.15, 0.2) is 77.7 Å². The number of nitrogens with one attached hydrogen (secondary N) is 2. The molecule has 3 aromatic carbocycles. The number of benzene rings is 3. The van der Waals surface area contributed by atoms with E-state index in [0.29, 0.717) is 16.3 Å². The summed E-state index contributed by atoms with van der Waals surface area (Å²) >= 11 is 7.25. The van der Waals surface area contributed by atoms with Gasteiger partial charge in [-0.3, -0.25) is 9.59 Å². The number of thioether (sulfide) groups is 1. The quantitative estimate of drug-likeness (QED) is 0.484. The van der Waals surface area contributed by atoms with Gasteiger partial charge in [-0.15, -0.1) is 11.8 Å². The second kappa shape index (κ2) is 9.58. The molecule has 1 atom stereocenters. The fourth-order valence-electron chi connectivity index (χ4n) is 2.50. The molecular weight excluding hydrogens is 411 g/mol. The van der Waals surface area contributed by atoms with Crippen LogP contribution < -0.4 is 10.6 Å². The number of rotatable bonds is 6. The van der Waals surface area contributed by atoms with E-state index in [2.05, 4.69) is 10.6 Å². The second-order valence-electron chi connectivity index (χ2n) is 6.22. The van der Waals surface area contributed by atoms with E-state index in [9.17, 15) is 14.0 Å². The Kier molecular flexibility index (Phi) is 6.90. The van der Waals surface area contributed by atoms with E-state index in [1.54, 1.807) is 55.5 Å². The molecule has 4 nitrogen and oxygen atoms in total. The molecule has 3 rings (SSSR count). The maximum atomic E-state index is 13.7. The van der Waals surface area contributed by atoms with Crippen molar-refractivity contribution >= 4 is 46.6 Å². The number of amides is 2. The van der Waals surface area contributed by atoms with Crippen molar-refractivity contribution in [1.29, 1.82) is 0 Å². The average molecular weight is 429 g/mol. The fraction of sp³-hybridized carbons (Fsp3) is 0.0909. The minimum atomic E-state index is -0.474. The molecule has 1 unspecified atom stereocenters. The first-order valence-electron chi connectivity index (χ1n) is 8.81. The van der Waals surface area contributed by atoms with E-state index in [1.807, 2.05) is 12.1 Å². The van der Waals surface area contributed by atoms with Crippen LogP contribution in [0, 0.1) is 5.82 Å². The van der Waals surface area contributed by atoms with Crippen LogP contribution in [0.25, 0.3) is 0 Å². The third kappa shape index (κ3) is 5.82. The Morgan fingerprint density at radius 3 is 2.38 bits per heavy atom. The minimum Gasteiger partial charge on any atom is -0.323 e.